The van der Waals surface area contributed by atoms with E-state index in [-0.39, 0.29) is 0 Å². The van der Waals surface area contributed by atoms with Gasteiger partial charge in [-0.15, -0.1) is 11.6 Å². The van der Waals surface area contributed by atoms with Gasteiger partial charge in [0, 0.05) is 12.3 Å². The Kier molecular flexibility index (Phi) is 4.44. The average Bonchev–Trinajstić information content (AvgIpc) is 2.41. The van der Waals surface area contributed by atoms with Gasteiger partial charge in [0.15, 0.2) is 0 Å². The minimum absolute atomic E-state index is 0.362. The Bertz CT molecular complexity index is 548. The molecular formula is C13H11BrClNO2. The molecule has 1 aromatic carbocycles. The van der Waals surface area contributed by atoms with Gasteiger partial charge in [0.05, 0.1) is 23.2 Å². The van der Waals surface area contributed by atoms with Crippen LogP contribution in [-0.4, -0.2) is 12.1 Å². The number of pyridine rings is 1. The third-order valence-electron chi connectivity index (χ3n) is 2.29. The van der Waals surface area contributed by atoms with Gasteiger partial charge in [0.1, 0.15) is 17.2 Å². The van der Waals surface area contributed by atoms with Crippen LogP contribution in [0.3, 0.4) is 0 Å². The summed E-state index contributed by atoms with van der Waals surface area (Å²) in [5, 5.41) is 0. The lowest BCUT2D eigenvalue weighted by molar-refractivity contribution is 0.412. The van der Waals surface area contributed by atoms with E-state index in [1.807, 2.05) is 24.3 Å². The number of hydrogen-bond donors (Lipinski definition) is 0. The molecule has 1 heterocycles. The number of halogens is 2. The largest absolute Gasteiger partial charge is 0.497 e. The normalized spacial score (nSPS) is 10.2. The van der Waals surface area contributed by atoms with E-state index in [1.165, 1.54) is 0 Å². The molecule has 94 valence electrons. The minimum Gasteiger partial charge on any atom is -0.497 e. The summed E-state index contributed by atoms with van der Waals surface area (Å²) in [6.07, 6.45) is 1.67. The monoisotopic (exact) mass is 327 g/mol. The van der Waals surface area contributed by atoms with Crippen LogP contribution in [0.4, 0.5) is 0 Å². The van der Waals surface area contributed by atoms with Crippen molar-refractivity contribution in [1.29, 1.82) is 0 Å². The second-order valence-corrected chi connectivity index (χ2v) is 4.64. The van der Waals surface area contributed by atoms with Gasteiger partial charge in [-0.05, 0) is 40.2 Å². The Labute approximate surface area is 119 Å². The number of ether oxygens (including phenoxy) is 2. The first-order chi connectivity index (χ1) is 8.72. The van der Waals surface area contributed by atoms with Gasteiger partial charge in [-0.25, -0.2) is 0 Å². The molecule has 5 heteroatoms. The van der Waals surface area contributed by atoms with Crippen LogP contribution in [-0.2, 0) is 5.88 Å². The number of nitrogens with zero attached hydrogens (tertiary/aromatic N) is 1. The lowest BCUT2D eigenvalue weighted by atomic mass is 10.3. The molecule has 3 nitrogen and oxygen atoms in total. The number of aromatic nitrogens is 1. The maximum atomic E-state index is 5.75. The van der Waals surface area contributed by atoms with Crippen LogP contribution in [0.5, 0.6) is 17.2 Å². The summed E-state index contributed by atoms with van der Waals surface area (Å²) in [5.41, 5.74) is 0.777. The summed E-state index contributed by atoms with van der Waals surface area (Å²) in [7, 11) is 1.62. The first-order valence-electron chi connectivity index (χ1n) is 5.25. The highest BCUT2D eigenvalue weighted by Crippen LogP contribution is 2.32. The molecule has 0 saturated heterocycles. The van der Waals surface area contributed by atoms with Gasteiger partial charge < -0.3 is 9.47 Å². The maximum absolute atomic E-state index is 5.75. The van der Waals surface area contributed by atoms with E-state index in [9.17, 15) is 0 Å². The fourth-order valence-corrected chi connectivity index (χ4v) is 2.00. The van der Waals surface area contributed by atoms with Crippen molar-refractivity contribution in [2.24, 2.45) is 0 Å². The zero-order valence-electron chi connectivity index (χ0n) is 9.69. The third-order valence-corrected chi connectivity index (χ3v) is 3.19. The number of rotatable bonds is 4. The summed E-state index contributed by atoms with van der Waals surface area (Å²) in [4.78, 5) is 4.11. The highest BCUT2D eigenvalue weighted by molar-refractivity contribution is 9.10. The van der Waals surface area contributed by atoms with E-state index in [2.05, 4.69) is 20.9 Å². The molecule has 0 aliphatic heterocycles. The SMILES string of the molecule is COc1ccc(Oc2ccnc(CCl)c2)c(Br)c1. The summed E-state index contributed by atoms with van der Waals surface area (Å²) < 4.78 is 11.7. The number of hydrogen-bond acceptors (Lipinski definition) is 3. The van der Waals surface area contributed by atoms with Crippen LogP contribution in [0, 0.1) is 0 Å². The van der Waals surface area contributed by atoms with Crippen LogP contribution in [0.15, 0.2) is 41.0 Å². The quantitative estimate of drug-likeness (QED) is 0.780. The molecule has 0 fully saturated rings. The highest BCUT2D eigenvalue weighted by atomic mass is 79.9. The molecule has 1 aromatic heterocycles. The third kappa shape index (κ3) is 3.15. The lowest BCUT2D eigenvalue weighted by Gasteiger charge is -2.09. The van der Waals surface area contributed by atoms with Crippen LogP contribution in [0.1, 0.15) is 5.69 Å². The molecule has 0 N–H and O–H groups in total. The molecule has 0 saturated carbocycles. The molecule has 0 bridgehead atoms. The van der Waals surface area contributed by atoms with Crippen molar-refractivity contribution in [1.82, 2.24) is 4.98 Å². The average molecular weight is 329 g/mol. The van der Waals surface area contributed by atoms with Crippen molar-refractivity contribution in [3.63, 3.8) is 0 Å². The molecule has 0 amide bonds. The molecule has 18 heavy (non-hydrogen) atoms. The van der Waals surface area contributed by atoms with Gasteiger partial charge in [-0.1, -0.05) is 0 Å². The first-order valence-corrected chi connectivity index (χ1v) is 6.58. The predicted octanol–water partition coefficient (Wildman–Crippen LogP) is 4.38. The van der Waals surface area contributed by atoms with Crippen LogP contribution >= 0.6 is 27.5 Å². The van der Waals surface area contributed by atoms with Crippen molar-refractivity contribution in [3.05, 3.63) is 46.7 Å². The predicted molar refractivity (Wildman–Crippen MR) is 74.6 cm³/mol. The van der Waals surface area contributed by atoms with Gasteiger partial charge in [-0.2, -0.15) is 0 Å². The fourth-order valence-electron chi connectivity index (χ4n) is 1.41. The zero-order valence-corrected chi connectivity index (χ0v) is 12.0. The van der Waals surface area contributed by atoms with Crippen molar-refractivity contribution >= 4 is 27.5 Å². The molecule has 0 atom stereocenters. The van der Waals surface area contributed by atoms with E-state index < -0.39 is 0 Å². The van der Waals surface area contributed by atoms with E-state index in [1.54, 1.807) is 19.4 Å². The van der Waals surface area contributed by atoms with Gasteiger partial charge in [0.2, 0.25) is 0 Å². The highest BCUT2D eigenvalue weighted by Gasteiger charge is 2.05. The van der Waals surface area contributed by atoms with E-state index in [0.717, 1.165) is 15.9 Å². The van der Waals surface area contributed by atoms with Crippen LogP contribution in [0.2, 0.25) is 0 Å². The van der Waals surface area contributed by atoms with E-state index >= 15 is 0 Å². The molecule has 2 aromatic rings. The molecule has 0 aliphatic rings. The molecule has 0 unspecified atom stereocenters. The van der Waals surface area contributed by atoms with Gasteiger partial charge in [-0.3, -0.25) is 4.98 Å². The Hall–Kier alpha value is -1.26. The van der Waals surface area contributed by atoms with E-state index in [0.29, 0.717) is 17.4 Å². The molecular weight excluding hydrogens is 318 g/mol. The summed E-state index contributed by atoms with van der Waals surface area (Å²) in [6.45, 7) is 0. The zero-order chi connectivity index (χ0) is 13.0. The van der Waals surface area contributed by atoms with Gasteiger partial charge >= 0.3 is 0 Å². The fraction of sp³-hybridized carbons (Fsp3) is 0.154. The smallest absolute Gasteiger partial charge is 0.141 e. The second-order valence-electron chi connectivity index (χ2n) is 3.51. The number of alkyl halides is 1. The summed E-state index contributed by atoms with van der Waals surface area (Å²) in [6, 6.07) is 9.11. The van der Waals surface area contributed by atoms with Crippen LogP contribution < -0.4 is 9.47 Å². The molecule has 0 radical (unpaired) electrons. The Morgan fingerprint density at radius 2 is 2.06 bits per heavy atom. The second kappa shape index (κ2) is 6.07. The van der Waals surface area contributed by atoms with Crippen molar-refractivity contribution in [2.45, 2.75) is 5.88 Å². The number of methoxy groups -OCH3 is 1. The standard InChI is InChI=1S/C13H11BrClNO2/c1-17-10-2-3-13(12(14)7-10)18-11-4-5-16-9(6-11)8-15/h2-7H,8H2,1H3. The molecule has 0 aliphatic carbocycles. The minimum atomic E-state index is 0.362. The first kappa shape index (κ1) is 13.2. The van der Waals surface area contributed by atoms with Crippen molar-refractivity contribution < 1.29 is 9.47 Å². The van der Waals surface area contributed by atoms with E-state index in [4.69, 9.17) is 21.1 Å². The van der Waals surface area contributed by atoms with Crippen molar-refractivity contribution in [2.75, 3.05) is 7.11 Å². The van der Waals surface area contributed by atoms with Crippen molar-refractivity contribution in [3.8, 4) is 17.2 Å². The van der Waals surface area contributed by atoms with Gasteiger partial charge in [0.25, 0.3) is 0 Å². The summed E-state index contributed by atoms with van der Waals surface area (Å²) in [5.74, 6) is 2.54. The lowest BCUT2D eigenvalue weighted by Crippen LogP contribution is -1.90. The van der Waals surface area contributed by atoms with Crippen LogP contribution in [0.25, 0.3) is 0 Å². The molecule has 2 rings (SSSR count). The summed E-state index contributed by atoms with van der Waals surface area (Å²) >= 11 is 9.16. The molecule has 0 spiro atoms. The Morgan fingerprint density at radius 3 is 2.72 bits per heavy atom. The maximum Gasteiger partial charge on any atom is 0.141 e. The topological polar surface area (TPSA) is 31.4 Å². The Balaban J connectivity index is 2.22. The number of benzene rings is 1. The Morgan fingerprint density at radius 1 is 1.22 bits per heavy atom.